The predicted octanol–water partition coefficient (Wildman–Crippen LogP) is 1.67. The molecule has 0 aliphatic heterocycles. The third-order valence-electron chi connectivity index (χ3n) is 1.99. The van der Waals surface area contributed by atoms with Gasteiger partial charge in [0.2, 0.25) is 5.91 Å². The Hall–Kier alpha value is -0.870. The first-order valence-electron chi connectivity index (χ1n) is 5.12. The summed E-state index contributed by atoms with van der Waals surface area (Å²) < 4.78 is 0. The van der Waals surface area contributed by atoms with Crippen LogP contribution in [0, 0.1) is 6.92 Å². The van der Waals surface area contributed by atoms with Crippen molar-refractivity contribution in [2.75, 3.05) is 6.54 Å². The van der Waals surface area contributed by atoms with Crippen LogP contribution in [0.5, 0.6) is 0 Å². The van der Waals surface area contributed by atoms with Crippen LogP contribution in [0.15, 0.2) is 11.4 Å². The second-order valence-corrected chi connectivity index (χ2v) is 4.85. The van der Waals surface area contributed by atoms with Gasteiger partial charge in [-0.15, -0.1) is 11.3 Å². The molecule has 3 nitrogen and oxygen atoms in total. The van der Waals surface area contributed by atoms with Gasteiger partial charge in [0.05, 0.1) is 6.54 Å². The molecule has 1 amide bonds. The number of amides is 1. The molecule has 2 N–H and O–H groups in total. The molecule has 0 aliphatic rings. The van der Waals surface area contributed by atoms with Gasteiger partial charge in [0.25, 0.3) is 0 Å². The van der Waals surface area contributed by atoms with Gasteiger partial charge in [0, 0.05) is 17.5 Å². The lowest BCUT2D eigenvalue weighted by molar-refractivity contribution is -0.120. The van der Waals surface area contributed by atoms with E-state index in [4.69, 9.17) is 0 Å². The number of carbonyl (C=O) groups is 1. The highest BCUT2D eigenvalue weighted by Gasteiger charge is 2.03. The van der Waals surface area contributed by atoms with Crippen molar-refractivity contribution in [3.8, 4) is 0 Å². The molecule has 0 saturated carbocycles. The van der Waals surface area contributed by atoms with Gasteiger partial charge in [-0.3, -0.25) is 4.79 Å². The molecule has 0 fully saturated rings. The van der Waals surface area contributed by atoms with E-state index >= 15 is 0 Å². The van der Waals surface area contributed by atoms with Gasteiger partial charge in [-0.2, -0.15) is 0 Å². The fraction of sp³-hybridized carbons (Fsp3) is 0.545. The Balaban J connectivity index is 2.22. The van der Waals surface area contributed by atoms with E-state index in [1.165, 1.54) is 10.4 Å². The standard InChI is InChI=1S/C11H18N2OS/c1-8(2)13-11(14)7-12-6-10-9(3)4-5-15-10/h4-5,8,12H,6-7H2,1-3H3,(H,13,14). The average Bonchev–Trinajstić information content (AvgIpc) is 2.50. The second kappa shape index (κ2) is 5.88. The zero-order valence-electron chi connectivity index (χ0n) is 9.46. The van der Waals surface area contributed by atoms with Crippen LogP contribution in [-0.2, 0) is 11.3 Å². The van der Waals surface area contributed by atoms with Crippen molar-refractivity contribution < 1.29 is 4.79 Å². The maximum atomic E-state index is 11.3. The van der Waals surface area contributed by atoms with Crippen molar-refractivity contribution >= 4 is 17.2 Å². The minimum atomic E-state index is 0.0548. The molecule has 0 saturated heterocycles. The molecule has 0 unspecified atom stereocenters. The molecule has 0 aliphatic carbocycles. The van der Waals surface area contributed by atoms with E-state index in [1.807, 2.05) is 13.8 Å². The molecule has 0 radical (unpaired) electrons. The lowest BCUT2D eigenvalue weighted by atomic mass is 10.3. The minimum Gasteiger partial charge on any atom is -0.353 e. The summed E-state index contributed by atoms with van der Waals surface area (Å²) in [6.45, 7) is 7.16. The summed E-state index contributed by atoms with van der Waals surface area (Å²) in [4.78, 5) is 12.6. The fourth-order valence-corrected chi connectivity index (χ4v) is 2.12. The van der Waals surface area contributed by atoms with Crippen molar-refractivity contribution in [3.63, 3.8) is 0 Å². The Labute approximate surface area is 94.9 Å². The minimum absolute atomic E-state index is 0.0548. The number of thiophene rings is 1. The molecule has 0 spiro atoms. The lowest BCUT2D eigenvalue weighted by Gasteiger charge is -2.08. The second-order valence-electron chi connectivity index (χ2n) is 3.85. The molecular weight excluding hydrogens is 208 g/mol. The molecule has 84 valence electrons. The first-order valence-corrected chi connectivity index (χ1v) is 6.00. The Morgan fingerprint density at radius 1 is 1.53 bits per heavy atom. The average molecular weight is 226 g/mol. The van der Waals surface area contributed by atoms with E-state index in [1.54, 1.807) is 11.3 Å². The number of nitrogens with one attached hydrogen (secondary N) is 2. The number of hydrogen-bond donors (Lipinski definition) is 2. The SMILES string of the molecule is Cc1ccsc1CNCC(=O)NC(C)C. The van der Waals surface area contributed by atoms with Gasteiger partial charge >= 0.3 is 0 Å². The van der Waals surface area contributed by atoms with Gasteiger partial charge in [-0.25, -0.2) is 0 Å². The van der Waals surface area contributed by atoms with Crippen LogP contribution in [0.1, 0.15) is 24.3 Å². The summed E-state index contributed by atoms with van der Waals surface area (Å²) >= 11 is 1.72. The van der Waals surface area contributed by atoms with Crippen molar-refractivity contribution in [1.82, 2.24) is 10.6 Å². The monoisotopic (exact) mass is 226 g/mol. The largest absolute Gasteiger partial charge is 0.353 e. The lowest BCUT2D eigenvalue weighted by Crippen LogP contribution is -2.37. The Morgan fingerprint density at radius 2 is 2.27 bits per heavy atom. The zero-order chi connectivity index (χ0) is 11.3. The summed E-state index contributed by atoms with van der Waals surface area (Å²) in [6.07, 6.45) is 0. The summed E-state index contributed by atoms with van der Waals surface area (Å²) in [5.74, 6) is 0.0548. The predicted molar refractivity (Wildman–Crippen MR) is 64.0 cm³/mol. The van der Waals surface area contributed by atoms with Crippen LogP contribution in [-0.4, -0.2) is 18.5 Å². The van der Waals surface area contributed by atoms with E-state index in [0.717, 1.165) is 6.54 Å². The Bertz CT molecular complexity index is 320. The third-order valence-corrected chi connectivity index (χ3v) is 3.01. The quantitative estimate of drug-likeness (QED) is 0.802. The number of aryl methyl sites for hydroxylation is 1. The highest BCUT2D eigenvalue weighted by atomic mass is 32.1. The summed E-state index contributed by atoms with van der Waals surface area (Å²) in [5, 5.41) is 8.04. The number of rotatable bonds is 5. The topological polar surface area (TPSA) is 41.1 Å². The van der Waals surface area contributed by atoms with E-state index in [-0.39, 0.29) is 11.9 Å². The molecule has 15 heavy (non-hydrogen) atoms. The maximum Gasteiger partial charge on any atom is 0.234 e. The molecule has 0 atom stereocenters. The maximum absolute atomic E-state index is 11.3. The van der Waals surface area contributed by atoms with Gasteiger partial charge in [-0.1, -0.05) is 0 Å². The third kappa shape index (κ3) is 4.44. The molecule has 1 rings (SSSR count). The number of hydrogen-bond acceptors (Lipinski definition) is 3. The first-order chi connectivity index (χ1) is 7.09. The molecule has 4 heteroatoms. The summed E-state index contributed by atoms with van der Waals surface area (Å²) in [7, 11) is 0. The fourth-order valence-electron chi connectivity index (χ4n) is 1.25. The molecule has 1 aromatic heterocycles. The summed E-state index contributed by atoms with van der Waals surface area (Å²) in [5.41, 5.74) is 1.29. The van der Waals surface area contributed by atoms with Gasteiger partial charge in [-0.05, 0) is 37.8 Å². The molecule has 0 bridgehead atoms. The van der Waals surface area contributed by atoms with Crippen LogP contribution in [0.25, 0.3) is 0 Å². The van der Waals surface area contributed by atoms with Crippen molar-refractivity contribution in [3.05, 3.63) is 21.9 Å². The Morgan fingerprint density at radius 3 is 2.80 bits per heavy atom. The Kier molecular flexibility index (Phi) is 4.78. The van der Waals surface area contributed by atoms with Crippen LogP contribution in [0.3, 0.4) is 0 Å². The van der Waals surface area contributed by atoms with Gasteiger partial charge in [0.1, 0.15) is 0 Å². The van der Waals surface area contributed by atoms with Gasteiger partial charge in [0.15, 0.2) is 0 Å². The zero-order valence-corrected chi connectivity index (χ0v) is 10.3. The van der Waals surface area contributed by atoms with E-state index < -0.39 is 0 Å². The molecule has 0 aromatic carbocycles. The highest BCUT2D eigenvalue weighted by Crippen LogP contribution is 2.14. The van der Waals surface area contributed by atoms with Crippen LogP contribution in [0.4, 0.5) is 0 Å². The molecular formula is C11H18N2OS. The molecule has 1 aromatic rings. The van der Waals surface area contributed by atoms with Crippen molar-refractivity contribution in [2.45, 2.75) is 33.4 Å². The normalized spacial score (nSPS) is 10.7. The smallest absolute Gasteiger partial charge is 0.234 e. The van der Waals surface area contributed by atoms with E-state index in [0.29, 0.717) is 6.54 Å². The molecule has 1 heterocycles. The van der Waals surface area contributed by atoms with Crippen molar-refractivity contribution in [2.24, 2.45) is 0 Å². The summed E-state index contributed by atoms with van der Waals surface area (Å²) in [6, 6.07) is 2.30. The van der Waals surface area contributed by atoms with Crippen LogP contribution >= 0.6 is 11.3 Å². The first kappa shape index (κ1) is 12.2. The van der Waals surface area contributed by atoms with E-state index in [9.17, 15) is 4.79 Å². The van der Waals surface area contributed by atoms with E-state index in [2.05, 4.69) is 29.0 Å². The highest BCUT2D eigenvalue weighted by molar-refractivity contribution is 7.10. The number of carbonyl (C=O) groups excluding carboxylic acids is 1. The van der Waals surface area contributed by atoms with Gasteiger partial charge < -0.3 is 10.6 Å². The van der Waals surface area contributed by atoms with Crippen LogP contribution in [0.2, 0.25) is 0 Å². The van der Waals surface area contributed by atoms with Crippen molar-refractivity contribution in [1.29, 1.82) is 0 Å². The van der Waals surface area contributed by atoms with Crippen LogP contribution < -0.4 is 10.6 Å².